The number of ether oxygens (including phenoxy) is 1. The molecule has 2 saturated heterocycles. The molecule has 0 aromatic heterocycles. The van der Waals surface area contributed by atoms with Gasteiger partial charge in [-0.05, 0) is 0 Å². The van der Waals surface area contributed by atoms with E-state index in [1.165, 1.54) is 4.31 Å². The maximum absolute atomic E-state index is 12.1. The van der Waals surface area contributed by atoms with Gasteiger partial charge in [-0.3, -0.25) is 19.7 Å². The molecule has 0 atom stereocenters. The summed E-state index contributed by atoms with van der Waals surface area (Å²) in [5, 5.41) is 2.08. The van der Waals surface area contributed by atoms with Gasteiger partial charge < -0.3 is 9.64 Å². The van der Waals surface area contributed by atoms with Crippen molar-refractivity contribution in [3.05, 3.63) is 0 Å². The van der Waals surface area contributed by atoms with Crippen LogP contribution < -0.4 is 5.32 Å². The molecular formula is C11H17N3O6S. The third-order valence-electron chi connectivity index (χ3n) is 3.24. The number of sulfonamides is 1. The lowest BCUT2D eigenvalue weighted by Gasteiger charge is -2.27. The van der Waals surface area contributed by atoms with Crippen molar-refractivity contribution >= 4 is 27.7 Å². The standard InChI is InChI=1S/C11H17N3O6S/c15-9-7-13(8-10(16)12-9)11(17)1-6-21(18,19)14-2-4-20-5-3-14/h1-8H2,(H,12,15,16). The maximum Gasteiger partial charge on any atom is 0.246 e. The lowest BCUT2D eigenvalue weighted by molar-refractivity contribution is -0.145. The third kappa shape index (κ3) is 4.22. The Morgan fingerprint density at radius 2 is 1.71 bits per heavy atom. The molecule has 2 fully saturated rings. The van der Waals surface area contributed by atoms with Crippen LogP contribution in [0.25, 0.3) is 0 Å². The first-order valence-electron chi connectivity index (χ1n) is 6.54. The largest absolute Gasteiger partial charge is 0.379 e. The number of nitrogens with zero attached hydrogens (tertiary/aromatic N) is 2. The van der Waals surface area contributed by atoms with Crippen LogP contribution in [0.3, 0.4) is 0 Å². The van der Waals surface area contributed by atoms with Crippen molar-refractivity contribution in [1.29, 1.82) is 0 Å². The number of piperazine rings is 1. The van der Waals surface area contributed by atoms with Crippen LogP contribution in [0.15, 0.2) is 0 Å². The third-order valence-corrected chi connectivity index (χ3v) is 5.11. The number of amides is 3. The molecule has 21 heavy (non-hydrogen) atoms. The summed E-state index contributed by atoms with van der Waals surface area (Å²) in [6.07, 6.45) is -0.250. The predicted molar refractivity (Wildman–Crippen MR) is 70.5 cm³/mol. The molecule has 9 nitrogen and oxygen atoms in total. The molecular weight excluding hydrogens is 302 g/mol. The van der Waals surface area contributed by atoms with Gasteiger partial charge in [0.15, 0.2) is 0 Å². The van der Waals surface area contributed by atoms with Gasteiger partial charge in [0.2, 0.25) is 27.7 Å². The first-order chi connectivity index (χ1) is 9.88. The van der Waals surface area contributed by atoms with E-state index in [1.807, 2.05) is 0 Å². The molecule has 0 bridgehead atoms. The van der Waals surface area contributed by atoms with Crippen LogP contribution in [0.2, 0.25) is 0 Å². The van der Waals surface area contributed by atoms with Crippen LogP contribution in [0.1, 0.15) is 6.42 Å². The van der Waals surface area contributed by atoms with E-state index in [0.29, 0.717) is 13.2 Å². The van der Waals surface area contributed by atoms with Gasteiger partial charge in [0, 0.05) is 19.5 Å². The SMILES string of the molecule is O=C1CN(C(=O)CCS(=O)(=O)N2CCOCC2)CC(=O)N1. The van der Waals surface area contributed by atoms with Gasteiger partial charge in [0.05, 0.1) is 19.0 Å². The van der Waals surface area contributed by atoms with Gasteiger partial charge in [-0.25, -0.2) is 8.42 Å². The van der Waals surface area contributed by atoms with E-state index in [2.05, 4.69) is 5.32 Å². The molecule has 2 rings (SSSR count). The van der Waals surface area contributed by atoms with Crippen LogP contribution in [0.5, 0.6) is 0 Å². The number of hydrogen-bond acceptors (Lipinski definition) is 6. The molecule has 10 heteroatoms. The summed E-state index contributed by atoms with van der Waals surface area (Å²) < 4.78 is 30.5. The molecule has 0 unspecified atom stereocenters. The number of hydrogen-bond donors (Lipinski definition) is 1. The molecule has 3 amide bonds. The van der Waals surface area contributed by atoms with Crippen LogP contribution in [0, 0.1) is 0 Å². The van der Waals surface area contributed by atoms with Gasteiger partial charge in [-0.1, -0.05) is 0 Å². The maximum atomic E-state index is 12.1. The first-order valence-corrected chi connectivity index (χ1v) is 8.15. The molecule has 0 aliphatic carbocycles. The van der Waals surface area contributed by atoms with E-state index in [0.717, 1.165) is 4.90 Å². The Labute approximate surface area is 122 Å². The average molecular weight is 319 g/mol. The van der Waals surface area contributed by atoms with E-state index in [4.69, 9.17) is 4.74 Å². The number of imide groups is 1. The summed E-state index contributed by atoms with van der Waals surface area (Å²) in [6, 6.07) is 0. The van der Waals surface area contributed by atoms with Crippen molar-refractivity contribution in [3.8, 4) is 0 Å². The lowest BCUT2D eigenvalue weighted by Crippen LogP contribution is -2.53. The van der Waals surface area contributed by atoms with Gasteiger partial charge in [0.1, 0.15) is 13.1 Å². The van der Waals surface area contributed by atoms with E-state index in [1.54, 1.807) is 0 Å². The van der Waals surface area contributed by atoms with Crippen molar-refractivity contribution in [2.75, 3.05) is 45.1 Å². The normalized spacial score (nSPS) is 21.2. The summed E-state index contributed by atoms with van der Waals surface area (Å²) in [6.45, 7) is 0.800. The fourth-order valence-corrected chi connectivity index (χ4v) is 3.54. The monoisotopic (exact) mass is 319 g/mol. The van der Waals surface area contributed by atoms with Gasteiger partial charge in [0.25, 0.3) is 0 Å². The Hall–Kier alpha value is -1.52. The molecule has 2 aliphatic heterocycles. The second kappa shape index (κ2) is 6.50. The number of carbonyl (C=O) groups is 3. The zero-order valence-corrected chi connectivity index (χ0v) is 12.2. The van der Waals surface area contributed by atoms with Crippen LogP contribution in [0.4, 0.5) is 0 Å². The van der Waals surface area contributed by atoms with Crippen molar-refractivity contribution in [3.63, 3.8) is 0 Å². The highest BCUT2D eigenvalue weighted by molar-refractivity contribution is 7.89. The predicted octanol–water partition coefficient (Wildman–Crippen LogP) is -2.48. The van der Waals surface area contributed by atoms with Crippen molar-refractivity contribution < 1.29 is 27.5 Å². The van der Waals surface area contributed by atoms with Crippen LogP contribution in [-0.4, -0.2) is 80.5 Å². The van der Waals surface area contributed by atoms with E-state index < -0.39 is 27.7 Å². The van der Waals surface area contributed by atoms with Gasteiger partial charge in [-0.15, -0.1) is 0 Å². The molecule has 0 saturated carbocycles. The van der Waals surface area contributed by atoms with E-state index in [9.17, 15) is 22.8 Å². The Kier molecular flexibility index (Phi) is 4.91. The zero-order valence-electron chi connectivity index (χ0n) is 11.4. The summed E-state index contributed by atoms with van der Waals surface area (Å²) in [4.78, 5) is 35.3. The molecule has 2 aliphatic rings. The Morgan fingerprint density at radius 1 is 1.14 bits per heavy atom. The van der Waals surface area contributed by atoms with Crippen molar-refractivity contribution in [2.24, 2.45) is 0 Å². The quantitative estimate of drug-likeness (QED) is 0.574. The van der Waals surface area contributed by atoms with Gasteiger partial charge >= 0.3 is 0 Å². The Morgan fingerprint density at radius 3 is 2.29 bits per heavy atom. The highest BCUT2D eigenvalue weighted by Crippen LogP contribution is 2.08. The number of morpholine rings is 1. The van der Waals surface area contributed by atoms with Crippen molar-refractivity contribution in [1.82, 2.24) is 14.5 Å². The summed E-state index contributed by atoms with van der Waals surface area (Å²) >= 11 is 0. The second-order valence-electron chi connectivity index (χ2n) is 4.80. The first kappa shape index (κ1) is 15.9. The molecule has 0 spiro atoms. The van der Waals surface area contributed by atoms with Crippen molar-refractivity contribution in [2.45, 2.75) is 6.42 Å². The Bertz CT molecular complexity index is 524. The number of carbonyl (C=O) groups excluding carboxylic acids is 3. The fourth-order valence-electron chi connectivity index (χ4n) is 2.14. The minimum Gasteiger partial charge on any atom is -0.379 e. The summed E-state index contributed by atoms with van der Waals surface area (Å²) in [5.74, 6) is -1.97. The highest BCUT2D eigenvalue weighted by atomic mass is 32.2. The lowest BCUT2D eigenvalue weighted by atomic mass is 10.3. The summed E-state index contributed by atoms with van der Waals surface area (Å²) in [7, 11) is -3.52. The Balaban J connectivity index is 1.88. The fraction of sp³-hybridized carbons (Fsp3) is 0.727. The summed E-state index contributed by atoms with van der Waals surface area (Å²) in [5.41, 5.74) is 0. The highest BCUT2D eigenvalue weighted by Gasteiger charge is 2.29. The molecule has 0 aromatic rings. The molecule has 0 aromatic carbocycles. The number of nitrogens with one attached hydrogen (secondary N) is 1. The smallest absolute Gasteiger partial charge is 0.246 e. The minimum atomic E-state index is -3.52. The zero-order chi connectivity index (χ0) is 15.5. The topological polar surface area (TPSA) is 113 Å². The number of rotatable bonds is 4. The van der Waals surface area contributed by atoms with E-state index in [-0.39, 0.29) is 38.4 Å². The molecule has 118 valence electrons. The van der Waals surface area contributed by atoms with Crippen LogP contribution in [-0.2, 0) is 29.1 Å². The second-order valence-corrected chi connectivity index (χ2v) is 6.89. The molecule has 0 radical (unpaired) electrons. The van der Waals surface area contributed by atoms with Gasteiger partial charge in [-0.2, -0.15) is 4.31 Å². The van der Waals surface area contributed by atoms with Crippen LogP contribution >= 0.6 is 0 Å². The minimum absolute atomic E-state index is 0.220. The average Bonchev–Trinajstić information content (AvgIpc) is 2.45. The molecule has 1 N–H and O–H groups in total. The molecule has 2 heterocycles. The van der Waals surface area contributed by atoms with E-state index >= 15 is 0 Å².